The van der Waals surface area contributed by atoms with Gasteiger partial charge in [0.2, 0.25) is 0 Å². The zero-order chi connectivity index (χ0) is 10.2. The van der Waals surface area contributed by atoms with Crippen molar-refractivity contribution in [1.82, 2.24) is 0 Å². The fourth-order valence-electron chi connectivity index (χ4n) is 1.94. The molecule has 0 radical (unpaired) electrons. The van der Waals surface area contributed by atoms with Crippen molar-refractivity contribution in [3.63, 3.8) is 0 Å². The molecule has 0 spiro atoms. The zero-order valence-electron chi connectivity index (χ0n) is 8.95. The van der Waals surface area contributed by atoms with Gasteiger partial charge in [0.1, 0.15) is 0 Å². The van der Waals surface area contributed by atoms with Gasteiger partial charge in [-0.3, -0.25) is 0 Å². The smallest absolute Gasteiger partial charge is 0.0684 e. The normalized spacial score (nSPS) is 21.0. The number of ether oxygens (including phenoxy) is 1. The molecule has 0 bridgehead atoms. The van der Waals surface area contributed by atoms with Crippen LogP contribution in [0.1, 0.15) is 38.5 Å². The van der Waals surface area contributed by atoms with Crippen LogP contribution in [0.5, 0.6) is 0 Å². The maximum absolute atomic E-state index is 9.19. The van der Waals surface area contributed by atoms with Gasteiger partial charge in [-0.1, -0.05) is 19.3 Å². The Labute approximate surface area is 86.6 Å². The number of hydrogen-bond donors (Lipinski definition) is 2. The molecule has 1 atom stereocenters. The molecule has 0 aromatic rings. The standard InChI is InChI=1S/C11H23NO2/c12-8-11(13)6-7-14-9-10-4-2-1-3-5-10/h10-11,13H,1-9,12H2. The summed E-state index contributed by atoms with van der Waals surface area (Å²) in [4.78, 5) is 0. The third-order valence-electron chi connectivity index (χ3n) is 2.95. The number of nitrogens with two attached hydrogens (primary N) is 1. The van der Waals surface area contributed by atoms with Crippen LogP contribution in [0.2, 0.25) is 0 Å². The lowest BCUT2D eigenvalue weighted by Crippen LogP contribution is -2.22. The largest absolute Gasteiger partial charge is 0.392 e. The van der Waals surface area contributed by atoms with Crippen LogP contribution in [0.4, 0.5) is 0 Å². The first-order valence-electron chi connectivity index (χ1n) is 5.79. The van der Waals surface area contributed by atoms with Crippen molar-refractivity contribution in [2.45, 2.75) is 44.6 Å². The topological polar surface area (TPSA) is 55.5 Å². The van der Waals surface area contributed by atoms with E-state index in [1.165, 1.54) is 32.1 Å². The first kappa shape index (κ1) is 12.0. The van der Waals surface area contributed by atoms with E-state index in [0.29, 0.717) is 19.6 Å². The monoisotopic (exact) mass is 201 g/mol. The van der Waals surface area contributed by atoms with Gasteiger partial charge < -0.3 is 15.6 Å². The van der Waals surface area contributed by atoms with Gasteiger partial charge >= 0.3 is 0 Å². The molecule has 1 aliphatic carbocycles. The molecule has 0 saturated heterocycles. The van der Waals surface area contributed by atoms with Crippen LogP contribution in [0, 0.1) is 5.92 Å². The highest BCUT2D eigenvalue weighted by Crippen LogP contribution is 2.23. The van der Waals surface area contributed by atoms with Crippen LogP contribution in [0.15, 0.2) is 0 Å². The van der Waals surface area contributed by atoms with Crippen molar-refractivity contribution < 1.29 is 9.84 Å². The van der Waals surface area contributed by atoms with Crippen LogP contribution in [0.25, 0.3) is 0 Å². The average Bonchev–Trinajstić information content (AvgIpc) is 2.25. The summed E-state index contributed by atoms with van der Waals surface area (Å²) in [6, 6.07) is 0. The van der Waals surface area contributed by atoms with Crippen molar-refractivity contribution >= 4 is 0 Å². The fourth-order valence-corrected chi connectivity index (χ4v) is 1.94. The summed E-state index contributed by atoms with van der Waals surface area (Å²) in [7, 11) is 0. The number of aliphatic hydroxyl groups is 1. The second kappa shape index (κ2) is 7.21. The first-order valence-corrected chi connectivity index (χ1v) is 5.79. The van der Waals surface area contributed by atoms with Crippen LogP contribution in [0.3, 0.4) is 0 Å². The predicted octanol–water partition coefficient (Wildman–Crippen LogP) is 1.29. The number of hydrogen-bond acceptors (Lipinski definition) is 3. The Bertz CT molecular complexity index is 135. The van der Waals surface area contributed by atoms with Gasteiger partial charge in [0.15, 0.2) is 0 Å². The second-order valence-corrected chi connectivity index (χ2v) is 4.26. The van der Waals surface area contributed by atoms with E-state index in [1.54, 1.807) is 0 Å². The molecule has 0 heterocycles. The Kier molecular flexibility index (Phi) is 6.15. The summed E-state index contributed by atoms with van der Waals surface area (Å²) in [5.41, 5.74) is 5.29. The minimum Gasteiger partial charge on any atom is -0.392 e. The molecule has 84 valence electrons. The van der Waals surface area contributed by atoms with Gasteiger partial charge in [-0.25, -0.2) is 0 Å². The van der Waals surface area contributed by atoms with Crippen LogP contribution in [-0.2, 0) is 4.74 Å². The molecule has 14 heavy (non-hydrogen) atoms. The van der Waals surface area contributed by atoms with Gasteiger partial charge in [-0.2, -0.15) is 0 Å². The van der Waals surface area contributed by atoms with Crippen LogP contribution < -0.4 is 5.73 Å². The summed E-state index contributed by atoms with van der Waals surface area (Å²) >= 11 is 0. The molecule has 3 nitrogen and oxygen atoms in total. The number of aliphatic hydroxyl groups excluding tert-OH is 1. The van der Waals surface area contributed by atoms with Crippen molar-refractivity contribution in [3.8, 4) is 0 Å². The fraction of sp³-hybridized carbons (Fsp3) is 1.00. The van der Waals surface area contributed by atoms with E-state index in [-0.39, 0.29) is 6.10 Å². The molecule has 1 unspecified atom stereocenters. The Hall–Kier alpha value is -0.120. The average molecular weight is 201 g/mol. The van der Waals surface area contributed by atoms with E-state index in [2.05, 4.69) is 0 Å². The minimum absolute atomic E-state index is 0.340. The van der Waals surface area contributed by atoms with Crippen molar-refractivity contribution in [2.75, 3.05) is 19.8 Å². The lowest BCUT2D eigenvalue weighted by atomic mass is 9.90. The highest BCUT2D eigenvalue weighted by molar-refractivity contribution is 4.65. The van der Waals surface area contributed by atoms with Gasteiger partial charge in [0.25, 0.3) is 0 Å². The molecule has 1 aliphatic rings. The third-order valence-corrected chi connectivity index (χ3v) is 2.95. The van der Waals surface area contributed by atoms with Gasteiger partial charge in [0.05, 0.1) is 6.10 Å². The maximum Gasteiger partial charge on any atom is 0.0684 e. The van der Waals surface area contributed by atoms with E-state index in [1.807, 2.05) is 0 Å². The number of rotatable bonds is 6. The molecular weight excluding hydrogens is 178 g/mol. The van der Waals surface area contributed by atoms with E-state index >= 15 is 0 Å². The van der Waals surface area contributed by atoms with E-state index < -0.39 is 0 Å². The molecule has 0 aliphatic heterocycles. The molecular formula is C11H23NO2. The molecule has 1 saturated carbocycles. The molecule has 3 heteroatoms. The van der Waals surface area contributed by atoms with Gasteiger partial charge in [-0.15, -0.1) is 0 Å². The molecule has 0 aromatic carbocycles. The van der Waals surface area contributed by atoms with E-state index in [4.69, 9.17) is 10.5 Å². The van der Waals surface area contributed by atoms with Gasteiger partial charge in [-0.05, 0) is 25.2 Å². The van der Waals surface area contributed by atoms with Crippen LogP contribution in [-0.4, -0.2) is 31.0 Å². The SMILES string of the molecule is NCC(O)CCOCC1CCCCC1. The lowest BCUT2D eigenvalue weighted by molar-refractivity contribution is 0.0567. The van der Waals surface area contributed by atoms with Crippen molar-refractivity contribution in [2.24, 2.45) is 11.7 Å². The Morgan fingerprint density at radius 2 is 2.00 bits per heavy atom. The van der Waals surface area contributed by atoms with Gasteiger partial charge in [0, 0.05) is 19.8 Å². The summed E-state index contributed by atoms with van der Waals surface area (Å²) in [5.74, 6) is 0.763. The Morgan fingerprint density at radius 1 is 1.29 bits per heavy atom. The molecule has 0 aromatic heterocycles. The molecule has 0 amide bonds. The summed E-state index contributed by atoms with van der Waals surface area (Å²) in [6.45, 7) is 1.86. The van der Waals surface area contributed by atoms with Crippen molar-refractivity contribution in [1.29, 1.82) is 0 Å². The second-order valence-electron chi connectivity index (χ2n) is 4.26. The van der Waals surface area contributed by atoms with Crippen molar-refractivity contribution in [3.05, 3.63) is 0 Å². The predicted molar refractivity (Wildman–Crippen MR) is 57.1 cm³/mol. The summed E-state index contributed by atoms with van der Waals surface area (Å²) in [5, 5.41) is 9.19. The van der Waals surface area contributed by atoms with E-state index in [9.17, 15) is 5.11 Å². The van der Waals surface area contributed by atoms with Crippen LogP contribution >= 0.6 is 0 Å². The Balaban J connectivity index is 1.92. The highest BCUT2D eigenvalue weighted by Gasteiger charge is 2.13. The lowest BCUT2D eigenvalue weighted by Gasteiger charge is -2.21. The minimum atomic E-state index is -0.388. The molecule has 3 N–H and O–H groups in total. The van der Waals surface area contributed by atoms with E-state index in [0.717, 1.165) is 12.5 Å². The first-order chi connectivity index (χ1) is 6.83. The Morgan fingerprint density at radius 3 is 2.64 bits per heavy atom. The third kappa shape index (κ3) is 4.94. The molecule has 1 fully saturated rings. The molecule has 1 rings (SSSR count). The zero-order valence-corrected chi connectivity index (χ0v) is 8.95. The summed E-state index contributed by atoms with van der Waals surface area (Å²) in [6.07, 6.45) is 7.03. The quantitative estimate of drug-likeness (QED) is 0.637. The highest BCUT2D eigenvalue weighted by atomic mass is 16.5. The maximum atomic E-state index is 9.19. The summed E-state index contributed by atoms with van der Waals surface area (Å²) < 4.78 is 5.53.